The fourth-order valence-electron chi connectivity index (χ4n) is 2.02. The van der Waals surface area contributed by atoms with Crippen LogP contribution in [0.25, 0.3) is 0 Å². The van der Waals surface area contributed by atoms with Crippen LogP contribution in [0.2, 0.25) is 0 Å². The molecule has 0 bridgehead atoms. The Kier molecular flexibility index (Phi) is 3.95. The van der Waals surface area contributed by atoms with Gasteiger partial charge in [-0.05, 0) is 48.2 Å². The summed E-state index contributed by atoms with van der Waals surface area (Å²) in [6, 6.07) is 10.1. The van der Waals surface area contributed by atoms with Crippen LogP contribution in [0.3, 0.4) is 0 Å². The van der Waals surface area contributed by atoms with E-state index in [2.05, 4.69) is 11.1 Å². The van der Waals surface area contributed by atoms with E-state index in [9.17, 15) is 0 Å². The standard InChI is InChI=1S/C15H18N2O/c1-11-9-13(3-4-15(11)18-2)14(16)10-12-5-7-17-8-6-12/h3-9,14H,10,16H2,1-2H3. The van der Waals surface area contributed by atoms with Crippen molar-refractivity contribution in [2.45, 2.75) is 19.4 Å². The van der Waals surface area contributed by atoms with Crippen LogP contribution in [0.5, 0.6) is 5.75 Å². The number of hydrogen-bond acceptors (Lipinski definition) is 3. The fourth-order valence-corrected chi connectivity index (χ4v) is 2.02. The molecule has 18 heavy (non-hydrogen) atoms. The molecule has 0 radical (unpaired) electrons. The Balaban J connectivity index is 2.14. The van der Waals surface area contributed by atoms with Crippen molar-refractivity contribution < 1.29 is 4.74 Å². The van der Waals surface area contributed by atoms with Crippen molar-refractivity contribution >= 4 is 0 Å². The molecule has 1 heterocycles. The smallest absolute Gasteiger partial charge is 0.121 e. The number of aryl methyl sites for hydroxylation is 1. The van der Waals surface area contributed by atoms with Gasteiger partial charge in [0.2, 0.25) is 0 Å². The molecule has 2 rings (SSSR count). The molecule has 0 amide bonds. The Bertz CT molecular complexity index is 511. The summed E-state index contributed by atoms with van der Waals surface area (Å²) in [6.45, 7) is 2.03. The summed E-state index contributed by atoms with van der Waals surface area (Å²) < 4.78 is 5.25. The normalized spacial score (nSPS) is 12.2. The van der Waals surface area contributed by atoms with Gasteiger partial charge in [-0.2, -0.15) is 0 Å². The van der Waals surface area contributed by atoms with Crippen LogP contribution < -0.4 is 10.5 Å². The quantitative estimate of drug-likeness (QED) is 0.896. The third-order valence-corrected chi connectivity index (χ3v) is 3.05. The van der Waals surface area contributed by atoms with Gasteiger partial charge in [0, 0.05) is 18.4 Å². The highest BCUT2D eigenvalue weighted by atomic mass is 16.5. The zero-order valence-electron chi connectivity index (χ0n) is 10.8. The highest BCUT2D eigenvalue weighted by Crippen LogP contribution is 2.23. The number of nitrogens with zero attached hydrogens (tertiary/aromatic N) is 1. The zero-order chi connectivity index (χ0) is 13.0. The third kappa shape index (κ3) is 2.87. The molecule has 0 aliphatic heterocycles. The molecule has 94 valence electrons. The van der Waals surface area contributed by atoms with E-state index in [-0.39, 0.29) is 6.04 Å². The van der Waals surface area contributed by atoms with Crippen molar-refractivity contribution in [2.75, 3.05) is 7.11 Å². The molecule has 1 unspecified atom stereocenters. The number of nitrogens with two attached hydrogens (primary N) is 1. The molecule has 2 aromatic rings. The minimum atomic E-state index is -0.00277. The van der Waals surface area contributed by atoms with Crippen molar-refractivity contribution in [3.8, 4) is 5.75 Å². The predicted molar refractivity (Wildman–Crippen MR) is 72.6 cm³/mol. The molecule has 2 N–H and O–H groups in total. The first-order valence-electron chi connectivity index (χ1n) is 5.99. The summed E-state index contributed by atoms with van der Waals surface area (Å²) in [5.74, 6) is 0.898. The van der Waals surface area contributed by atoms with Gasteiger partial charge in [0.15, 0.2) is 0 Å². The van der Waals surface area contributed by atoms with Gasteiger partial charge in [-0.15, -0.1) is 0 Å². The third-order valence-electron chi connectivity index (χ3n) is 3.05. The first-order chi connectivity index (χ1) is 8.70. The minimum Gasteiger partial charge on any atom is -0.496 e. The summed E-state index contributed by atoms with van der Waals surface area (Å²) in [4.78, 5) is 4.00. The Labute approximate surface area is 108 Å². The number of aromatic nitrogens is 1. The highest BCUT2D eigenvalue weighted by Gasteiger charge is 2.09. The summed E-state index contributed by atoms with van der Waals surface area (Å²) >= 11 is 0. The molecular weight excluding hydrogens is 224 g/mol. The maximum absolute atomic E-state index is 6.23. The summed E-state index contributed by atoms with van der Waals surface area (Å²) in [6.07, 6.45) is 4.40. The molecule has 1 aromatic heterocycles. The average molecular weight is 242 g/mol. The molecule has 0 fully saturated rings. The number of benzene rings is 1. The van der Waals surface area contributed by atoms with Crippen molar-refractivity contribution in [3.63, 3.8) is 0 Å². The molecule has 0 spiro atoms. The molecule has 0 aliphatic carbocycles. The second-order valence-electron chi connectivity index (χ2n) is 4.40. The number of ether oxygens (including phenoxy) is 1. The molecule has 1 aromatic carbocycles. The largest absolute Gasteiger partial charge is 0.496 e. The number of hydrogen-bond donors (Lipinski definition) is 1. The highest BCUT2D eigenvalue weighted by molar-refractivity contribution is 5.37. The van der Waals surface area contributed by atoms with E-state index < -0.39 is 0 Å². The van der Waals surface area contributed by atoms with E-state index in [0.717, 1.165) is 23.3 Å². The van der Waals surface area contributed by atoms with Gasteiger partial charge < -0.3 is 10.5 Å². The van der Waals surface area contributed by atoms with Crippen LogP contribution in [-0.4, -0.2) is 12.1 Å². The molecule has 1 atom stereocenters. The van der Waals surface area contributed by atoms with Gasteiger partial charge >= 0.3 is 0 Å². The topological polar surface area (TPSA) is 48.1 Å². The van der Waals surface area contributed by atoms with Crippen molar-refractivity contribution in [1.29, 1.82) is 0 Å². The summed E-state index contributed by atoms with van der Waals surface area (Å²) in [7, 11) is 1.68. The van der Waals surface area contributed by atoms with E-state index >= 15 is 0 Å². The number of methoxy groups -OCH3 is 1. The van der Waals surface area contributed by atoms with E-state index in [1.54, 1.807) is 19.5 Å². The molecule has 0 saturated carbocycles. The summed E-state index contributed by atoms with van der Waals surface area (Å²) in [5, 5.41) is 0. The second-order valence-corrected chi connectivity index (χ2v) is 4.40. The number of pyridine rings is 1. The SMILES string of the molecule is COc1ccc(C(N)Cc2ccncc2)cc1C. The first kappa shape index (κ1) is 12.6. The van der Waals surface area contributed by atoms with Crippen molar-refractivity contribution in [1.82, 2.24) is 4.98 Å². The van der Waals surface area contributed by atoms with Crippen LogP contribution >= 0.6 is 0 Å². The number of rotatable bonds is 4. The Morgan fingerprint density at radius 1 is 1.22 bits per heavy atom. The molecular formula is C15H18N2O. The lowest BCUT2D eigenvalue weighted by Crippen LogP contribution is -2.13. The van der Waals surface area contributed by atoms with Crippen LogP contribution in [0.15, 0.2) is 42.7 Å². The lowest BCUT2D eigenvalue weighted by Gasteiger charge is -2.14. The van der Waals surface area contributed by atoms with E-state index in [0.29, 0.717) is 0 Å². The molecule has 3 heteroatoms. The van der Waals surface area contributed by atoms with Crippen LogP contribution in [-0.2, 0) is 6.42 Å². The maximum atomic E-state index is 6.23. The minimum absolute atomic E-state index is 0.00277. The molecule has 0 aliphatic rings. The lowest BCUT2D eigenvalue weighted by molar-refractivity contribution is 0.411. The van der Waals surface area contributed by atoms with E-state index in [1.165, 1.54) is 5.56 Å². The van der Waals surface area contributed by atoms with Gasteiger partial charge in [-0.1, -0.05) is 12.1 Å². The Morgan fingerprint density at radius 2 is 1.94 bits per heavy atom. The van der Waals surface area contributed by atoms with Gasteiger partial charge in [-0.25, -0.2) is 0 Å². The second kappa shape index (κ2) is 5.65. The van der Waals surface area contributed by atoms with Gasteiger partial charge in [0.05, 0.1) is 7.11 Å². The van der Waals surface area contributed by atoms with Crippen LogP contribution in [0.4, 0.5) is 0 Å². The Hall–Kier alpha value is -1.87. The van der Waals surface area contributed by atoms with Crippen molar-refractivity contribution in [3.05, 3.63) is 59.4 Å². The van der Waals surface area contributed by atoms with Gasteiger partial charge in [-0.3, -0.25) is 4.98 Å². The van der Waals surface area contributed by atoms with Gasteiger partial charge in [0.25, 0.3) is 0 Å². The van der Waals surface area contributed by atoms with Gasteiger partial charge in [0.1, 0.15) is 5.75 Å². The van der Waals surface area contributed by atoms with E-state index in [1.807, 2.05) is 31.2 Å². The first-order valence-corrected chi connectivity index (χ1v) is 5.99. The lowest BCUT2D eigenvalue weighted by atomic mass is 9.98. The average Bonchev–Trinajstić information content (AvgIpc) is 2.39. The van der Waals surface area contributed by atoms with Crippen LogP contribution in [0.1, 0.15) is 22.7 Å². The summed E-state index contributed by atoms with van der Waals surface area (Å²) in [5.41, 5.74) is 9.67. The fraction of sp³-hybridized carbons (Fsp3) is 0.267. The van der Waals surface area contributed by atoms with E-state index in [4.69, 9.17) is 10.5 Å². The predicted octanol–water partition coefficient (Wildman–Crippen LogP) is 2.64. The zero-order valence-corrected chi connectivity index (χ0v) is 10.8. The monoisotopic (exact) mass is 242 g/mol. The van der Waals surface area contributed by atoms with Crippen molar-refractivity contribution in [2.24, 2.45) is 5.73 Å². The van der Waals surface area contributed by atoms with Crippen LogP contribution in [0, 0.1) is 6.92 Å². The maximum Gasteiger partial charge on any atom is 0.121 e. The molecule has 0 saturated heterocycles. The molecule has 3 nitrogen and oxygen atoms in total. The Morgan fingerprint density at radius 3 is 2.56 bits per heavy atom.